The number of hydrogen-bond acceptors (Lipinski definition) is 2. The molecule has 1 aromatic carbocycles. The van der Waals surface area contributed by atoms with E-state index in [2.05, 4.69) is 4.90 Å². The summed E-state index contributed by atoms with van der Waals surface area (Å²) in [6.07, 6.45) is 1.65. The molecule has 1 aliphatic rings. The Balaban J connectivity index is 2.28. The number of nitrogens with two attached hydrogens (primary N) is 1. The average molecular weight is 226 g/mol. The highest BCUT2D eigenvalue weighted by atomic mass is 19.1. The predicted molar refractivity (Wildman–Crippen MR) is 58.9 cm³/mol. The van der Waals surface area contributed by atoms with Gasteiger partial charge >= 0.3 is 0 Å². The molecule has 1 fully saturated rings. The van der Waals surface area contributed by atoms with Crippen LogP contribution >= 0.6 is 0 Å². The molecule has 0 saturated carbocycles. The van der Waals surface area contributed by atoms with E-state index in [1.807, 2.05) is 7.05 Å². The molecule has 0 aliphatic carbocycles. The first-order chi connectivity index (χ1) is 7.58. The van der Waals surface area contributed by atoms with Gasteiger partial charge in [0.15, 0.2) is 0 Å². The molecule has 88 valence electrons. The fourth-order valence-electron chi connectivity index (χ4n) is 2.25. The molecule has 2 rings (SSSR count). The van der Waals surface area contributed by atoms with Gasteiger partial charge in [-0.05, 0) is 32.5 Å². The van der Waals surface area contributed by atoms with Gasteiger partial charge < -0.3 is 5.73 Å². The van der Waals surface area contributed by atoms with E-state index in [1.165, 1.54) is 12.1 Å². The minimum Gasteiger partial charge on any atom is -0.328 e. The second-order valence-corrected chi connectivity index (χ2v) is 4.45. The number of benzene rings is 1. The van der Waals surface area contributed by atoms with Crippen molar-refractivity contribution in [2.24, 2.45) is 5.73 Å². The highest BCUT2D eigenvalue weighted by Gasteiger charge is 2.27. The molecule has 2 N–H and O–H groups in total. The lowest BCUT2D eigenvalue weighted by molar-refractivity contribution is 0.168. The van der Waals surface area contributed by atoms with Gasteiger partial charge in [0, 0.05) is 23.7 Å². The molecule has 0 spiro atoms. The molecule has 4 heteroatoms. The predicted octanol–water partition coefficient (Wildman–Crippen LogP) is 2.06. The quantitative estimate of drug-likeness (QED) is 0.794. The second kappa shape index (κ2) is 4.47. The van der Waals surface area contributed by atoms with Crippen LogP contribution in [0.2, 0.25) is 0 Å². The lowest BCUT2D eigenvalue weighted by atomic mass is 9.92. The summed E-state index contributed by atoms with van der Waals surface area (Å²) >= 11 is 0. The first-order valence-corrected chi connectivity index (χ1v) is 5.48. The highest BCUT2D eigenvalue weighted by molar-refractivity contribution is 5.23. The Labute approximate surface area is 94.0 Å². The van der Waals surface area contributed by atoms with Crippen LogP contribution in [0.3, 0.4) is 0 Å². The second-order valence-electron chi connectivity index (χ2n) is 4.45. The number of hydrogen-bond donors (Lipinski definition) is 1. The summed E-state index contributed by atoms with van der Waals surface area (Å²) in [4.78, 5) is 2.07. The maximum atomic E-state index is 13.6. The molecule has 1 heterocycles. The third kappa shape index (κ3) is 2.23. The van der Waals surface area contributed by atoms with Crippen LogP contribution < -0.4 is 5.73 Å². The molecule has 1 saturated heterocycles. The molecular formula is C12H16F2N2. The number of likely N-dealkylation sites (tertiary alicyclic amines) is 1. The van der Waals surface area contributed by atoms with E-state index < -0.39 is 11.6 Å². The largest absolute Gasteiger partial charge is 0.328 e. The third-order valence-corrected chi connectivity index (χ3v) is 3.23. The molecule has 0 aromatic heterocycles. The van der Waals surface area contributed by atoms with Gasteiger partial charge in [-0.15, -0.1) is 0 Å². The van der Waals surface area contributed by atoms with Crippen molar-refractivity contribution in [3.8, 4) is 0 Å². The SMILES string of the molecule is CN1CC[C@@H](N)C[C@H]1c1ccc(F)cc1F. The molecule has 0 radical (unpaired) electrons. The van der Waals surface area contributed by atoms with Gasteiger partial charge in [0.25, 0.3) is 0 Å². The van der Waals surface area contributed by atoms with Crippen LogP contribution in [0, 0.1) is 11.6 Å². The van der Waals surface area contributed by atoms with E-state index >= 15 is 0 Å². The summed E-state index contributed by atoms with van der Waals surface area (Å²) in [6.45, 7) is 0.850. The molecule has 0 bridgehead atoms. The molecule has 0 amide bonds. The molecule has 0 unspecified atom stereocenters. The van der Waals surface area contributed by atoms with Crippen molar-refractivity contribution in [2.75, 3.05) is 13.6 Å². The maximum Gasteiger partial charge on any atom is 0.130 e. The number of rotatable bonds is 1. The van der Waals surface area contributed by atoms with Crippen molar-refractivity contribution in [1.29, 1.82) is 0 Å². The summed E-state index contributed by atoms with van der Waals surface area (Å²) in [7, 11) is 1.94. The Hall–Kier alpha value is -1.00. The van der Waals surface area contributed by atoms with E-state index in [9.17, 15) is 8.78 Å². The highest BCUT2D eigenvalue weighted by Crippen LogP contribution is 2.30. The standard InChI is InChI=1S/C12H16F2N2/c1-16-5-4-9(15)7-12(16)10-3-2-8(13)6-11(10)14/h2-3,6,9,12H,4-5,7,15H2,1H3/t9-,12+/m1/s1. The lowest BCUT2D eigenvalue weighted by Crippen LogP contribution is -2.40. The van der Waals surface area contributed by atoms with Gasteiger partial charge in [0.1, 0.15) is 11.6 Å². The molecule has 2 atom stereocenters. The third-order valence-electron chi connectivity index (χ3n) is 3.23. The number of nitrogens with zero attached hydrogens (tertiary/aromatic N) is 1. The fourth-order valence-corrected chi connectivity index (χ4v) is 2.25. The Morgan fingerprint density at radius 1 is 1.38 bits per heavy atom. The fraction of sp³-hybridized carbons (Fsp3) is 0.500. The normalized spacial score (nSPS) is 27.0. The first kappa shape index (κ1) is 11.5. The summed E-state index contributed by atoms with van der Waals surface area (Å²) < 4.78 is 26.4. The zero-order chi connectivity index (χ0) is 11.7. The van der Waals surface area contributed by atoms with E-state index in [1.54, 1.807) is 0 Å². The Kier molecular flexibility index (Phi) is 3.21. The van der Waals surface area contributed by atoms with Crippen molar-refractivity contribution in [3.05, 3.63) is 35.4 Å². The Morgan fingerprint density at radius 2 is 2.12 bits per heavy atom. The topological polar surface area (TPSA) is 29.3 Å². The summed E-state index contributed by atoms with van der Waals surface area (Å²) in [6, 6.07) is 3.81. The summed E-state index contributed by atoms with van der Waals surface area (Å²) in [5.41, 5.74) is 6.42. The van der Waals surface area contributed by atoms with Crippen molar-refractivity contribution in [1.82, 2.24) is 4.90 Å². The van der Waals surface area contributed by atoms with Crippen molar-refractivity contribution >= 4 is 0 Å². The van der Waals surface area contributed by atoms with Gasteiger partial charge in [-0.2, -0.15) is 0 Å². The minimum atomic E-state index is -0.538. The van der Waals surface area contributed by atoms with E-state index in [0.717, 1.165) is 25.5 Å². The zero-order valence-corrected chi connectivity index (χ0v) is 9.29. The number of halogens is 2. The smallest absolute Gasteiger partial charge is 0.130 e. The van der Waals surface area contributed by atoms with Gasteiger partial charge in [-0.3, -0.25) is 4.90 Å². The molecular weight excluding hydrogens is 210 g/mol. The molecule has 1 aromatic rings. The van der Waals surface area contributed by atoms with Crippen LogP contribution in [-0.4, -0.2) is 24.5 Å². The van der Waals surface area contributed by atoms with Crippen LogP contribution in [0.25, 0.3) is 0 Å². The van der Waals surface area contributed by atoms with Crippen LogP contribution in [0.15, 0.2) is 18.2 Å². The van der Waals surface area contributed by atoms with Gasteiger partial charge in [0.2, 0.25) is 0 Å². The zero-order valence-electron chi connectivity index (χ0n) is 9.29. The monoisotopic (exact) mass is 226 g/mol. The minimum absolute atomic E-state index is 0.0376. The Morgan fingerprint density at radius 3 is 2.81 bits per heavy atom. The molecule has 2 nitrogen and oxygen atoms in total. The maximum absolute atomic E-state index is 13.6. The van der Waals surface area contributed by atoms with E-state index in [-0.39, 0.29) is 12.1 Å². The Bertz CT molecular complexity index is 381. The summed E-state index contributed by atoms with van der Waals surface area (Å²) in [5.74, 6) is -1.02. The number of piperidine rings is 1. The van der Waals surface area contributed by atoms with Gasteiger partial charge in [-0.1, -0.05) is 6.07 Å². The van der Waals surface area contributed by atoms with Crippen molar-refractivity contribution < 1.29 is 8.78 Å². The van der Waals surface area contributed by atoms with E-state index in [0.29, 0.717) is 5.56 Å². The van der Waals surface area contributed by atoms with Crippen molar-refractivity contribution in [3.63, 3.8) is 0 Å². The molecule has 16 heavy (non-hydrogen) atoms. The lowest BCUT2D eigenvalue weighted by Gasteiger charge is -2.36. The molecule has 1 aliphatic heterocycles. The van der Waals surface area contributed by atoms with E-state index in [4.69, 9.17) is 5.73 Å². The van der Waals surface area contributed by atoms with Crippen molar-refractivity contribution in [2.45, 2.75) is 24.9 Å². The van der Waals surface area contributed by atoms with Crippen LogP contribution in [0.5, 0.6) is 0 Å². The van der Waals surface area contributed by atoms with Gasteiger partial charge in [0.05, 0.1) is 0 Å². The van der Waals surface area contributed by atoms with Crippen LogP contribution in [0.1, 0.15) is 24.4 Å². The van der Waals surface area contributed by atoms with Gasteiger partial charge in [-0.25, -0.2) is 8.78 Å². The summed E-state index contributed by atoms with van der Waals surface area (Å²) in [5, 5.41) is 0. The average Bonchev–Trinajstić information content (AvgIpc) is 2.22. The van der Waals surface area contributed by atoms with Crippen LogP contribution in [-0.2, 0) is 0 Å². The van der Waals surface area contributed by atoms with Crippen LogP contribution in [0.4, 0.5) is 8.78 Å². The first-order valence-electron chi connectivity index (χ1n) is 5.48.